The Morgan fingerprint density at radius 3 is 2.92 bits per heavy atom. The van der Waals surface area contributed by atoms with E-state index in [4.69, 9.17) is 4.74 Å². The standard InChI is InChI=1S/C10H12O2/c1-5(11)8-4-6-2-3-7(8)10-9(6)12-10/h2-3,6-10H,4H2,1H3/t6-,7+,8-,9-,10+/m1/s1. The second-order valence-electron chi connectivity index (χ2n) is 4.14. The Balaban J connectivity index is 1.94. The van der Waals surface area contributed by atoms with Gasteiger partial charge in [-0.3, -0.25) is 4.79 Å². The second kappa shape index (κ2) is 1.99. The highest BCUT2D eigenvalue weighted by atomic mass is 16.6. The van der Waals surface area contributed by atoms with Gasteiger partial charge in [-0.05, 0) is 13.3 Å². The minimum atomic E-state index is 0.253. The predicted octanol–water partition coefficient (Wildman–Crippen LogP) is 1.16. The first-order valence-electron chi connectivity index (χ1n) is 4.61. The maximum Gasteiger partial charge on any atom is 0.133 e. The molecule has 2 heteroatoms. The van der Waals surface area contributed by atoms with E-state index in [1.165, 1.54) is 0 Å². The Hall–Kier alpha value is -0.630. The van der Waals surface area contributed by atoms with Crippen molar-refractivity contribution in [3.63, 3.8) is 0 Å². The maximum absolute atomic E-state index is 11.3. The van der Waals surface area contributed by atoms with Crippen LogP contribution in [0.3, 0.4) is 0 Å². The van der Waals surface area contributed by atoms with Gasteiger partial charge in [0.25, 0.3) is 0 Å². The molecule has 5 atom stereocenters. The maximum atomic E-state index is 11.3. The second-order valence-corrected chi connectivity index (χ2v) is 4.14. The Labute approximate surface area is 71.6 Å². The fourth-order valence-electron chi connectivity index (χ4n) is 2.74. The van der Waals surface area contributed by atoms with E-state index in [-0.39, 0.29) is 5.92 Å². The lowest BCUT2D eigenvalue weighted by Gasteiger charge is -2.33. The summed E-state index contributed by atoms with van der Waals surface area (Å²) in [6, 6.07) is 0. The Kier molecular flexibility index (Phi) is 1.14. The molecule has 1 heterocycles. The van der Waals surface area contributed by atoms with Crippen molar-refractivity contribution in [1.29, 1.82) is 0 Å². The summed E-state index contributed by atoms with van der Waals surface area (Å²) in [5.41, 5.74) is 0. The third kappa shape index (κ3) is 0.712. The Morgan fingerprint density at radius 2 is 2.25 bits per heavy atom. The summed E-state index contributed by atoms with van der Waals surface area (Å²) in [6.07, 6.45) is 6.31. The minimum absolute atomic E-state index is 0.253. The van der Waals surface area contributed by atoms with Gasteiger partial charge in [0.15, 0.2) is 0 Å². The van der Waals surface area contributed by atoms with E-state index in [1.807, 2.05) is 0 Å². The molecular weight excluding hydrogens is 152 g/mol. The van der Waals surface area contributed by atoms with Crippen LogP contribution >= 0.6 is 0 Å². The van der Waals surface area contributed by atoms with Gasteiger partial charge >= 0.3 is 0 Å². The average molecular weight is 164 g/mol. The fraction of sp³-hybridized carbons (Fsp3) is 0.700. The summed E-state index contributed by atoms with van der Waals surface area (Å²) in [5, 5.41) is 0. The predicted molar refractivity (Wildman–Crippen MR) is 43.6 cm³/mol. The van der Waals surface area contributed by atoms with Crippen molar-refractivity contribution < 1.29 is 9.53 Å². The zero-order valence-electron chi connectivity index (χ0n) is 7.07. The lowest BCUT2D eigenvalue weighted by Crippen LogP contribution is -2.37. The summed E-state index contributed by atoms with van der Waals surface area (Å²) < 4.78 is 5.53. The lowest BCUT2D eigenvalue weighted by molar-refractivity contribution is -0.123. The van der Waals surface area contributed by atoms with Crippen molar-refractivity contribution in [3.8, 4) is 0 Å². The SMILES string of the molecule is CC(=O)[C@H]1C[C@H]2C=C[C@@H]1[C@@H]1O[C@@H]12. The number of carbonyl (C=O) groups excluding carboxylic acids is 1. The highest BCUT2D eigenvalue weighted by Crippen LogP contribution is 2.52. The molecule has 64 valence electrons. The first kappa shape index (κ1) is 6.84. The molecule has 2 nitrogen and oxygen atoms in total. The molecule has 4 aliphatic rings. The van der Waals surface area contributed by atoms with Crippen LogP contribution in [0.25, 0.3) is 0 Å². The topological polar surface area (TPSA) is 29.6 Å². The number of ether oxygens (including phenoxy) is 1. The van der Waals surface area contributed by atoms with Crippen molar-refractivity contribution in [2.24, 2.45) is 17.8 Å². The number of epoxide rings is 1. The average Bonchev–Trinajstić information content (AvgIpc) is 2.84. The Morgan fingerprint density at radius 1 is 1.42 bits per heavy atom. The van der Waals surface area contributed by atoms with E-state index in [0.717, 1.165) is 6.42 Å². The molecule has 0 aromatic heterocycles. The van der Waals surface area contributed by atoms with Crippen molar-refractivity contribution >= 4 is 5.78 Å². The van der Waals surface area contributed by atoms with Gasteiger partial charge in [0.1, 0.15) is 5.78 Å². The molecule has 4 rings (SSSR count). The van der Waals surface area contributed by atoms with Crippen LogP contribution in [0.4, 0.5) is 0 Å². The number of Topliss-reactive ketones (excluding diaryl/α,β-unsaturated/α-hetero) is 1. The number of carbonyl (C=O) groups is 1. The van der Waals surface area contributed by atoms with Crippen LogP contribution in [0.5, 0.6) is 0 Å². The summed E-state index contributed by atoms with van der Waals surface area (Å²) in [7, 11) is 0. The van der Waals surface area contributed by atoms with Gasteiger partial charge in [-0.15, -0.1) is 0 Å². The number of rotatable bonds is 1. The van der Waals surface area contributed by atoms with Crippen LogP contribution in [-0.2, 0) is 9.53 Å². The molecule has 1 saturated heterocycles. The molecule has 0 unspecified atom stereocenters. The van der Waals surface area contributed by atoms with Crippen molar-refractivity contribution in [1.82, 2.24) is 0 Å². The van der Waals surface area contributed by atoms with E-state index in [9.17, 15) is 4.79 Å². The smallest absolute Gasteiger partial charge is 0.133 e. The third-order valence-corrected chi connectivity index (χ3v) is 3.46. The van der Waals surface area contributed by atoms with Crippen molar-refractivity contribution in [3.05, 3.63) is 12.2 Å². The van der Waals surface area contributed by atoms with Gasteiger partial charge in [0.2, 0.25) is 0 Å². The van der Waals surface area contributed by atoms with E-state index in [2.05, 4.69) is 12.2 Å². The van der Waals surface area contributed by atoms with Crippen LogP contribution < -0.4 is 0 Å². The summed E-state index contributed by atoms with van der Waals surface area (Å²) in [6.45, 7) is 1.70. The molecule has 0 amide bonds. The van der Waals surface area contributed by atoms with Gasteiger partial charge in [-0.1, -0.05) is 12.2 Å². The zero-order chi connectivity index (χ0) is 8.29. The highest BCUT2D eigenvalue weighted by molar-refractivity contribution is 5.79. The van der Waals surface area contributed by atoms with Crippen LogP contribution in [0.15, 0.2) is 12.2 Å². The number of fused-ring (bicyclic) bond motifs is 1. The third-order valence-electron chi connectivity index (χ3n) is 3.46. The number of hydrogen-bond acceptors (Lipinski definition) is 2. The summed E-state index contributed by atoms with van der Waals surface area (Å²) in [4.78, 5) is 11.3. The normalized spacial score (nSPS) is 53.6. The molecule has 3 aliphatic carbocycles. The van der Waals surface area contributed by atoms with Crippen molar-refractivity contribution in [2.45, 2.75) is 25.6 Å². The largest absolute Gasteiger partial charge is 0.368 e. The minimum Gasteiger partial charge on any atom is -0.368 e. The van der Waals surface area contributed by atoms with Crippen LogP contribution in [0.2, 0.25) is 0 Å². The molecule has 1 saturated carbocycles. The highest BCUT2D eigenvalue weighted by Gasteiger charge is 2.57. The lowest BCUT2D eigenvalue weighted by atomic mass is 9.68. The monoisotopic (exact) mass is 164 g/mol. The molecule has 2 bridgehead atoms. The summed E-state index contributed by atoms with van der Waals surface area (Å²) >= 11 is 0. The van der Waals surface area contributed by atoms with Crippen LogP contribution in [0.1, 0.15) is 13.3 Å². The van der Waals surface area contributed by atoms with E-state index < -0.39 is 0 Å². The molecule has 0 spiro atoms. The molecule has 0 radical (unpaired) electrons. The van der Waals surface area contributed by atoms with E-state index >= 15 is 0 Å². The molecule has 12 heavy (non-hydrogen) atoms. The summed E-state index contributed by atoms with van der Waals surface area (Å²) in [5.74, 6) is 1.53. The molecule has 0 N–H and O–H groups in total. The van der Waals surface area contributed by atoms with Gasteiger partial charge in [0, 0.05) is 17.8 Å². The molecule has 0 aromatic carbocycles. The van der Waals surface area contributed by atoms with Crippen molar-refractivity contribution in [2.75, 3.05) is 0 Å². The van der Waals surface area contributed by atoms with Crippen LogP contribution in [-0.4, -0.2) is 18.0 Å². The number of ketones is 1. The van der Waals surface area contributed by atoms with E-state index in [1.54, 1.807) is 6.92 Å². The molecule has 1 aliphatic heterocycles. The fourth-order valence-corrected chi connectivity index (χ4v) is 2.74. The Bertz CT molecular complexity index is 269. The molecular formula is C10H12O2. The molecule has 2 fully saturated rings. The van der Waals surface area contributed by atoms with Gasteiger partial charge in [-0.2, -0.15) is 0 Å². The van der Waals surface area contributed by atoms with Crippen LogP contribution in [0, 0.1) is 17.8 Å². The van der Waals surface area contributed by atoms with Gasteiger partial charge in [-0.25, -0.2) is 0 Å². The van der Waals surface area contributed by atoms with Gasteiger partial charge < -0.3 is 4.74 Å². The quantitative estimate of drug-likeness (QED) is 0.430. The zero-order valence-corrected chi connectivity index (χ0v) is 7.07. The number of hydrogen-bond donors (Lipinski definition) is 0. The molecule has 0 aromatic rings. The first-order chi connectivity index (χ1) is 5.77. The van der Waals surface area contributed by atoms with Gasteiger partial charge in [0.05, 0.1) is 12.2 Å². The first-order valence-corrected chi connectivity index (χ1v) is 4.61. The van der Waals surface area contributed by atoms with E-state index in [0.29, 0.717) is 29.8 Å².